The lowest BCUT2D eigenvalue weighted by molar-refractivity contribution is -0.141. The van der Waals surface area contributed by atoms with E-state index in [2.05, 4.69) is 58.9 Å². The molecule has 43 nitrogen and oxygen atoms in total. The van der Waals surface area contributed by atoms with Crippen LogP contribution in [0.15, 0.2) is 0 Å². The SMILES string of the molecule is Br.Br.C1CCNCC1.CB(O)N(CC(=O)N1CCCCC1)CC(=O)N1CCCCC1.CCOCCOC(=O)N(CC(=O)N1CCCCC1)CC(=O)N1CCCCC1.CCOCCOC(=O)N(CC(=O)N1CCN(C(=O)CBr)CC1)CC(=O)N1CCN(C(=O)CBr)CC1.CCOCCOC(=O)N(CC(=O)N1CCNCC1)CC(=O)N1CCNCC1.CN.O=C(CNCC(=O)N1CCCCC1)N1CCCCC1. The number of piperazine rings is 4. The van der Waals surface area contributed by atoms with Gasteiger partial charge in [-0.3, -0.25) is 77.6 Å². The molecule has 11 rings (SSSR count). The van der Waals surface area contributed by atoms with Gasteiger partial charge in [-0.2, -0.15) is 0 Å². The highest BCUT2D eigenvalue weighted by atomic mass is 79.9. The normalized spacial score (nSPS) is 17.7. The monoisotopic (exact) mass is 2250 g/mol. The minimum absolute atomic E-state index is 0. The summed E-state index contributed by atoms with van der Waals surface area (Å²) >= 11 is 6.29. The highest BCUT2D eigenvalue weighted by Crippen LogP contribution is 2.18. The lowest BCUT2D eigenvalue weighted by Crippen LogP contribution is -2.55. The number of rotatable bonds is 35. The van der Waals surface area contributed by atoms with Crippen molar-refractivity contribution in [2.45, 2.75) is 162 Å². The summed E-state index contributed by atoms with van der Waals surface area (Å²) in [5.41, 5.74) is 4.50. The van der Waals surface area contributed by atoms with Crippen LogP contribution in [0.3, 0.4) is 0 Å². The number of hydrogen-bond acceptors (Lipinski definition) is 28. The minimum Gasteiger partial charge on any atom is -0.447 e. The Labute approximate surface area is 868 Å². The van der Waals surface area contributed by atoms with Crippen molar-refractivity contribution < 1.29 is 105 Å². The molecule has 11 aliphatic rings. The second-order valence-corrected chi connectivity index (χ2v) is 36.3. The molecule has 804 valence electrons. The van der Waals surface area contributed by atoms with Gasteiger partial charge in [-0.25, -0.2) is 14.4 Å². The average molecular weight is 2250 g/mol. The molecule has 11 heterocycles. The standard InChI is InChI=1S/C21H33Br2N5O7.C19H33N3O5.C17H31N5O5.C15H28BN3O3.C14H25N3O2.C5H11N.CH5N.2BrH/c1-2-34-11-12-35-21(33)28(15-19(31)26-7-3-24(4-8-26)17(29)13-22)16-20(32)27-9-5-25(6-10-27)18(30)14-23;1-2-26-13-14-27-19(25)22(15-17(23)20-9-5-3-6-10-20)16-18(24)21-11-7-4-8-12-21;1-2-26-11-12-27-17(25)22(13-15(23)20-7-3-18-4-8-20)14-16(24)21-9-5-19-6-10-21;1-16(22)19(12-14(20)17-8-4-2-5-9-17)13-15(21)18-10-6-3-7-11-18;18-13(16-7-3-1-4-8-16)11-15-12-14(19)17-9-5-2-6-10-17;1-2-4-6-5-3-1;1-2;;/h2-16H2,1H3;2-16H2,1H3;18-19H,2-14H2,1H3;22H,2-13H2,1H3;15H,1-12H2;6H,1-5H2;2H2,1H3;2*1H. The number of carbonyl (C=O) groups excluding carboxylic acids is 15. The van der Waals surface area contributed by atoms with Crippen molar-refractivity contribution in [3.05, 3.63) is 0 Å². The van der Waals surface area contributed by atoms with Crippen molar-refractivity contribution >= 4 is 162 Å². The van der Waals surface area contributed by atoms with E-state index < -0.39 is 25.3 Å². The van der Waals surface area contributed by atoms with Crippen molar-refractivity contribution in [3.63, 3.8) is 0 Å². The van der Waals surface area contributed by atoms with Crippen molar-refractivity contribution in [3.8, 4) is 0 Å². The van der Waals surface area contributed by atoms with E-state index in [1.807, 2.05) is 40.4 Å². The Hall–Kier alpha value is -6.97. The fourth-order valence-corrected chi connectivity index (χ4v) is 17.6. The van der Waals surface area contributed by atoms with Gasteiger partial charge >= 0.3 is 25.3 Å². The highest BCUT2D eigenvalue weighted by Gasteiger charge is 2.36. The number of halogens is 4. The molecular weight excluding hydrogens is 2080 g/mol. The number of likely N-dealkylation sites (tertiary alicyclic amines) is 6. The third-order valence-electron chi connectivity index (χ3n) is 25.1. The first-order valence-electron chi connectivity index (χ1n) is 50.6. The molecule has 0 spiro atoms. The van der Waals surface area contributed by atoms with Crippen LogP contribution < -0.4 is 27.0 Å². The summed E-state index contributed by atoms with van der Waals surface area (Å²) in [6.07, 6.45) is 21.8. The molecule has 7 N–H and O–H groups in total. The molecule has 11 saturated heterocycles. The Morgan fingerprint density at radius 2 is 0.471 bits per heavy atom. The van der Waals surface area contributed by atoms with Gasteiger partial charge in [0.1, 0.15) is 59.1 Å². The highest BCUT2D eigenvalue weighted by molar-refractivity contribution is 9.09. The number of nitrogens with one attached hydrogen (secondary N) is 4. The molecular formula is C92H168BBr4N21O22. The fourth-order valence-electron chi connectivity index (χ4n) is 16.8. The van der Waals surface area contributed by atoms with Gasteiger partial charge in [-0.1, -0.05) is 38.3 Å². The number of carbonyl (C=O) groups is 15. The molecule has 48 heteroatoms. The molecule has 0 bridgehead atoms. The van der Waals surface area contributed by atoms with Gasteiger partial charge < -0.3 is 119 Å². The van der Waals surface area contributed by atoms with Gasteiger partial charge in [-0.05, 0) is 176 Å². The Morgan fingerprint density at radius 1 is 0.279 bits per heavy atom. The first-order chi connectivity index (χ1) is 66.9. The van der Waals surface area contributed by atoms with Gasteiger partial charge in [0, 0.05) is 203 Å². The molecule has 0 aromatic heterocycles. The lowest BCUT2D eigenvalue weighted by Gasteiger charge is -2.36. The smallest absolute Gasteiger partial charge is 0.410 e. The second kappa shape index (κ2) is 77.5. The van der Waals surface area contributed by atoms with E-state index in [0.29, 0.717) is 144 Å². The largest absolute Gasteiger partial charge is 0.447 e. The van der Waals surface area contributed by atoms with E-state index in [-0.39, 0.29) is 201 Å². The van der Waals surface area contributed by atoms with Crippen molar-refractivity contribution in [2.24, 2.45) is 5.73 Å². The maximum atomic E-state index is 12.9. The molecule has 0 radical (unpaired) electrons. The Kier molecular flexibility index (Phi) is 70.4. The van der Waals surface area contributed by atoms with Crippen LogP contribution in [-0.2, 0) is 86.0 Å². The molecule has 140 heavy (non-hydrogen) atoms. The predicted molar refractivity (Wildman–Crippen MR) is 549 cm³/mol. The maximum Gasteiger partial charge on any atom is 0.410 e. The van der Waals surface area contributed by atoms with Crippen LogP contribution in [0.1, 0.15) is 156 Å². The summed E-state index contributed by atoms with van der Waals surface area (Å²) in [5.74, 6) is -1.02. The molecule has 11 aliphatic heterocycles. The summed E-state index contributed by atoms with van der Waals surface area (Å²) in [5, 5.41) is 23.0. The van der Waals surface area contributed by atoms with E-state index >= 15 is 0 Å². The first kappa shape index (κ1) is 127. The zero-order valence-electron chi connectivity index (χ0n) is 84.3. The molecule has 0 atom stereocenters. The molecule has 0 aromatic carbocycles. The lowest BCUT2D eigenvalue weighted by atomic mass is 9.84. The number of ether oxygens (including phenoxy) is 6. The van der Waals surface area contributed by atoms with Gasteiger partial charge in [-0.15, -0.1) is 34.0 Å². The van der Waals surface area contributed by atoms with Crippen LogP contribution in [0, 0.1) is 0 Å². The second-order valence-electron chi connectivity index (χ2n) is 35.2. The van der Waals surface area contributed by atoms with E-state index in [4.69, 9.17) is 28.4 Å². The summed E-state index contributed by atoms with van der Waals surface area (Å²) < 4.78 is 31.1. The average Bonchev–Trinajstić information content (AvgIpc) is 0.813. The molecule has 0 aromatic rings. The van der Waals surface area contributed by atoms with Gasteiger partial charge in [0.15, 0.2) is 0 Å². The van der Waals surface area contributed by atoms with E-state index in [1.165, 1.54) is 74.9 Å². The van der Waals surface area contributed by atoms with Crippen LogP contribution in [0.4, 0.5) is 14.4 Å². The zero-order valence-corrected chi connectivity index (χ0v) is 90.9. The third-order valence-corrected chi connectivity index (χ3v) is 26.0. The fraction of sp³-hybridized carbons (Fsp3) is 0.837. The summed E-state index contributed by atoms with van der Waals surface area (Å²) in [6.45, 7) is 29.7. The van der Waals surface area contributed by atoms with E-state index in [9.17, 15) is 76.9 Å². The molecule has 15 amide bonds. The van der Waals surface area contributed by atoms with Crippen LogP contribution in [0.5, 0.6) is 0 Å². The van der Waals surface area contributed by atoms with Gasteiger partial charge in [0.25, 0.3) is 0 Å². The Balaban J connectivity index is 0.000000444. The number of amides is 15. The Morgan fingerprint density at radius 3 is 0.671 bits per heavy atom. The van der Waals surface area contributed by atoms with Gasteiger partial charge in [0.2, 0.25) is 70.9 Å². The quantitative estimate of drug-likeness (QED) is 0.0228. The number of nitrogens with zero attached hydrogens (tertiary/aromatic N) is 16. The summed E-state index contributed by atoms with van der Waals surface area (Å²) in [6, 6.07) is 0. The number of piperidine rings is 7. The van der Waals surface area contributed by atoms with E-state index in [0.717, 1.165) is 173 Å². The Bertz CT molecular complexity index is 3270. The molecule has 0 unspecified atom stereocenters. The van der Waals surface area contributed by atoms with Crippen LogP contribution in [0.2, 0.25) is 6.82 Å². The molecule has 11 fully saturated rings. The van der Waals surface area contributed by atoms with Crippen LogP contribution in [-0.4, -0.2) is 519 Å². The summed E-state index contributed by atoms with van der Waals surface area (Å²) in [7, 11) is 0.711. The molecule has 0 aliphatic carbocycles. The topological polar surface area (TPSA) is 458 Å². The number of alkyl halides is 2. The number of hydrogen-bond donors (Lipinski definition) is 6. The number of nitrogens with two attached hydrogens (primary N) is 1. The predicted octanol–water partition coefficient (Wildman–Crippen LogP) is 1.92. The first-order valence-corrected chi connectivity index (χ1v) is 52.9. The molecule has 0 saturated carbocycles. The van der Waals surface area contributed by atoms with Crippen LogP contribution >= 0.6 is 65.8 Å². The van der Waals surface area contributed by atoms with Crippen molar-refractivity contribution in [2.75, 3.05) is 339 Å². The van der Waals surface area contributed by atoms with Crippen LogP contribution in [0.25, 0.3) is 0 Å². The van der Waals surface area contributed by atoms with Crippen molar-refractivity contribution in [1.82, 2.24) is 99.6 Å². The maximum absolute atomic E-state index is 12.9. The zero-order chi connectivity index (χ0) is 100. The minimum atomic E-state index is -0.789. The summed E-state index contributed by atoms with van der Waals surface area (Å²) in [4.78, 5) is 212. The van der Waals surface area contributed by atoms with Crippen molar-refractivity contribution in [1.29, 1.82) is 0 Å². The van der Waals surface area contributed by atoms with E-state index in [1.54, 1.807) is 50.8 Å². The third kappa shape index (κ3) is 51.7. The van der Waals surface area contributed by atoms with Gasteiger partial charge in [0.05, 0.1) is 56.7 Å².